The lowest BCUT2D eigenvalue weighted by atomic mass is 9.89. The Morgan fingerprint density at radius 1 is 1.50 bits per heavy atom. The molecule has 2 rings (SSSR count). The molecule has 20 heavy (non-hydrogen) atoms. The van der Waals surface area contributed by atoms with E-state index in [0.29, 0.717) is 12.1 Å². The monoisotopic (exact) mass is 276 g/mol. The first-order valence-electron chi connectivity index (χ1n) is 6.92. The van der Waals surface area contributed by atoms with Crippen LogP contribution in [0, 0.1) is 0 Å². The molecule has 0 aromatic heterocycles. The standard InChI is InChI=1S/C15H20N2O3/c1-10(5-4-8-18)16-15(20)12-9-14(19)17-13-7-3-2-6-11(12)13/h2-3,6-7,10,12,18H,4-5,8-9H2,1H3,(H,16,20)(H,17,19). The zero-order valence-electron chi connectivity index (χ0n) is 11.6. The van der Waals surface area contributed by atoms with E-state index in [2.05, 4.69) is 10.6 Å². The molecule has 0 saturated carbocycles. The molecule has 1 aromatic rings. The molecule has 0 saturated heterocycles. The minimum atomic E-state index is -0.434. The molecule has 1 heterocycles. The highest BCUT2D eigenvalue weighted by Crippen LogP contribution is 2.32. The summed E-state index contributed by atoms with van der Waals surface area (Å²) in [6.45, 7) is 2.03. The van der Waals surface area contributed by atoms with E-state index < -0.39 is 5.92 Å². The van der Waals surface area contributed by atoms with Crippen LogP contribution in [0.25, 0.3) is 0 Å². The number of fused-ring (bicyclic) bond motifs is 1. The van der Waals surface area contributed by atoms with Crippen molar-refractivity contribution >= 4 is 17.5 Å². The second-order valence-corrected chi connectivity index (χ2v) is 5.17. The highest BCUT2D eigenvalue weighted by atomic mass is 16.3. The highest BCUT2D eigenvalue weighted by Gasteiger charge is 2.30. The second-order valence-electron chi connectivity index (χ2n) is 5.17. The SMILES string of the molecule is CC(CCCO)NC(=O)C1CC(=O)Nc2ccccc21. The number of hydrogen-bond acceptors (Lipinski definition) is 3. The lowest BCUT2D eigenvalue weighted by Crippen LogP contribution is -2.39. The number of aliphatic hydroxyl groups excluding tert-OH is 1. The fourth-order valence-corrected chi connectivity index (χ4v) is 2.46. The molecule has 0 fully saturated rings. The number of carbonyl (C=O) groups is 2. The van der Waals surface area contributed by atoms with E-state index >= 15 is 0 Å². The number of nitrogens with one attached hydrogen (secondary N) is 2. The largest absolute Gasteiger partial charge is 0.396 e. The van der Waals surface area contributed by atoms with Crippen molar-refractivity contribution in [2.24, 2.45) is 0 Å². The Labute approximate surface area is 118 Å². The molecular weight excluding hydrogens is 256 g/mol. The average Bonchev–Trinajstić information content (AvgIpc) is 2.44. The third-order valence-corrected chi connectivity index (χ3v) is 3.50. The van der Waals surface area contributed by atoms with Crippen molar-refractivity contribution in [3.63, 3.8) is 0 Å². The van der Waals surface area contributed by atoms with Gasteiger partial charge in [0.1, 0.15) is 0 Å². The number of carbonyl (C=O) groups excluding carboxylic acids is 2. The van der Waals surface area contributed by atoms with Crippen molar-refractivity contribution < 1.29 is 14.7 Å². The minimum Gasteiger partial charge on any atom is -0.396 e. The zero-order chi connectivity index (χ0) is 14.5. The lowest BCUT2D eigenvalue weighted by molar-refractivity contribution is -0.126. The Kier molecular flexibility index (Phi) is 4.74. The van der Waals surface area contributed by atoms with Crippen LogP contribution in [0.3, 0.4) is 0 Å². The van der Waals surface area contributed by atoms with Gasteiger partial charge in [0.05, 0.1) is 5.92 Å². The third kappa shape index (κ3) is 3.36. The van der Waals surface area contributed by atoms with Crippen LogP contribution < -0.4 is 10.6 Å². The van der Waals surface area contributed by atoms with Gasteiger partial charge in [-0.3, -0.25) is 9.59 Å². The summed E-state index contributed by atoms with van der Waals surface area (Å²) in [7, 11) is 0. The molecule has 0 radical (unpaired) electrons. The summed E-state index contributed by atoms with van der Waals surface area (Å²) in [5.41, 5.74) is 1.57. The van der Waals surface area contributed by atoms with Gasteiger partial charge in [0.15, 0.2) is 0 Å². The predicted molar refractivity (Wildman–Crippen MR) is 76.4 cm³/mol. The topological polar surface area (TPSA) is 78.4 Å². The molecule has 0 spiro atoms. The average molecular weight is 276 g/mol. The van der Waals surface area contributed by atoms with Crippen molar-refractivity contribution in [1.29, 1.82) is 0 Å². The van der Waals surface area contributed by atoms with Gasteiger partial charge in [-0.05, 0) is 31.4 Å². The van der Waals surface area contributed by atoms with Crippen LogP contribution in [0.2, 0.25) is 0 Å². The first-order valence-corrected chi connectivity index (χ1v) is 6.92. The molecule has 1 aromatic carbocycles. The minimum absolute atomic E-state index is 0.00759. The quantitative estimate of drug-likeness (QED) is 0.760. The summed E-state index contributed by atoms with van der Waals surface area (Å²) >= 11 is 0. The molecule has 108 valence electrons. The number of rotatable bonds is 5. The molecule has 0 aliphatic carbocycles. The molecule has 1 aliphatic rings. The van der Waals surface area contributed by atoms with Crippen LogP contribution >= 0.6 is 0 Å². The van der Waals surface area contributed by atoms with Gasteiger partial charge in [-0.15, -0.1) is 0 Å². The summed E-state index contributed by atoms with van der Waals surface area (Å²) in [6, 6.07) is 7.38. The van der Waals surface area contributed by atoms with E-state index in [1.165, 1.54) is 0 Å². The lowest BCUT2D eigenvalue weighted by Gasteiger charge is -2.26. The van der Waals surface area contributed by atoms with Crippen molar-refractivity contribution in [3.05, 3.63) is 29.8 Å². The second kappa shape index (κ2) is 6.52. The molecule has 3 N–H and O–H groups in total. The number of para-hydroxylation sites is 1. The van der Waals surface area contributed by atoms with Crippen molar-refractivity contribution in [3.8, 4) is 0 Å². The molecule has 2 amide bonds. The first kappa shape index (κ1) is 14.5. The van der Waals surface area contributed by atoms with Crippen LogP contribution in [0.1, 0.15) is 37.7 Å². The molecule has 5 heteroatoms. The summed E-state index contributed by atoms with van der Waals surface area (Å²) < 4.78 is 0. The van der Waals surface area contributed by atoms with Gasteiger partial charge >= 0.3 is 0 Å². The van der Waals surface area contributed by atoms with Gasteiger partial charge in [-0.1, -0.05) is 18.2 Å². The van der Waals surface area contributed by atoms with E-state index in [-0.39, 0.29) is 30.9 Å². The number of aliphatic hydroxyl groups is 1. The van der Waals surface area contributed by atoms with E-state index in [1.54, 1.807) is 0 Å². The molecule has 0 bridgehead atoms. The van der Waals surface area contributed by atoms with Crippen LogP contribution in [-0.4, -0.2) is 29.6 Å². The zero-order valence-corrected chi connectivity index (χ0v) is 11.6. The van der Waals surface area contributed by atoms with Gasteiger partial charge in [0.25, 0.3) is 0 Å². The van der Waals surface area contributed by atoms with Gasteiger partial charge < -0.3 is 15.7 Å². The number of amides is 2. The molecule has 2 atom stereocenters. The highest BCUT2D eigenvalue weighted by molar-refractivity contribution is 6.01. The van der Waals surface area contributed by atoms with E-state index in [1.807, 2.05) is 31.2 Å². The van der Waals surface area contributed by atoms with Crippen LogP contribution in [0.4, 0.5) is 5.69 Å². The Balaban J connectivity index is 2.08. The number of benzene rings is 1. The molecule has 1 aliphatic heterocycles. The predicted octanol–water partition coefficient (Wildman–Crippen LogP) is 1.39. The summed E-state index contributed by atoms with van der Waals surface area (Å²) in [5, 5.41) is 14.5. The van der Waals surface area contributed by atoms with Crippen LogP contribution in [0.15, 0.2) is 24.3 Å². The van der Waals surface area contributed by atoms with E-state index in [4.69, 9.17) is 5.11 Å². The van der Waals surface area contributed by atoms with Gasteiger partial charge in [-0.2, -0.15) is 0 Å². The van der Waals surface area contributed by atoms with E-state index in [0.717, 1.165) is 12.0 Å². The van der Waals surface area contributed by atoms with Crippen LogP contribution in [-0.2, 0) is 9.59 Å². The van der Waals surface area contributed by atoms with Gasteiger partial charge in [0, 0.05) is 24.8 Å². The third-order valence-electron chi connectivity index (χ3n) is 3.50. The maximum Gasteiger partial charge on any atom is 0.228 e. The molecule has 2 unspecified atom stereocenters. The van der Waals surface area contributed by atoms with Crippen molar-refractivity contribution in [2.45, 2.75) is 38.1 Å². The summed E-state index contributed by atoms with van der Waals surface area (Å²) in [6.07, 6.45) is 1.56. The van der Waals surface area contributed by atoms with Crippen LogP contribution in [0.5, 0.6) is 0 Å². The maximum atomic E-state index is 12.3. The molecular formula is C15H20N2O3. The number of hydrogen-bond donors (Lipinski definition) is 3. The normalized spacial score (nSPS) is 18.9. The Hall–Kier alpha value is -1.88. The smallest absolute Gasteiger partial charge is 0.228 e. The Bertz CT molecular complexity index is 502. The van der Waals surface area contributed by atoms with Gasteiger partial charge in [-0.25, -0.2) is 0 Å². The van der Waals surface area contributed by atoms with E-state index in [9.17, 15) is 9.59 Å². The summed E-state index contributed by atoms with van der Waals surface area (Å²) in [5.74, 6) is -0.693. The van der Waals surface area contributed by atoms with Crippen molar-refractivity contribution in [1.82, 2.24) is 5.32 Å². The Morgan fingerprint density at radius 3 is 3.00 bits per heavy atom. The number of anilines is 1. The summed E-state index contributed by atoms with van der Waals surface area (Å²) in [4.78, 5) is 24.0. The fourth-order valence-electron chi connectivity index (χ4n) is 2.46. The maximum absolute atomic E-state index is 12.3. The Morgan fingerprint density at radius 2 is 2.25 bits per heavy atom. The van der Waals surface area contributed by atoms with Crippen molar-refractivity contribution in [2.75, 3.05) is 11.9 Å². The molecule has 5 nitrogen and oxygen atoms in total. The van der Waals surface area contributed by atoms with Gasteiger partial charge in [0.2, 0.25) is 11.8 Å². The first-order chi connectivity index (χ1) is 9.61. The fraction of sp³-hybridized carbons (Fsp3) is 0.467.